The molecule has 0 amide bonds. The molecule has 0 aliphatic rings. The minimum Gasteiger partial charge on any atom is -0.468 e. The van der Waals surface area contributed by atoms with Crippen LogP contribution >= 0.6 is 0 Å². The summed E-state index contributed by atoms with van der Waals surface area (Å²) in [6, 6.07) is 12.8. The lowest BCUT2D eigenvalue weighted by Gasteiger charge is -2.11. The highest BCUT2D eigenvalue weighted by molar-refractivity contribution is 7.90. The molecule has 28 heavy (non-hydrogen) atoms. The van der Waals surface area contributed by atoms with E-state index in [2.05, 4.69) is 15.9 Å². The van der Waals surface area contributed by atoms with Crippen molar-refractivity contribution in [1.29, 1.82) is 5.26 Å². The third-order valence-electron chi connectivity index (χ3n) is 4.00. The second kappa shape index (κ2) is 9.15. The summed E-state index contributed by atoms with van der Waals surface area (Å²) in [5.41, 5.74) is 3.48. The quantitative estimate of drug-likeness (QED) is 0.611. The average Bonchev–Trinajstić information content (AvgIpc) is 3.11. The Balaban J connectivity index is 0.000000500. The Morgan fingerprint density at radius 1 is 1.25 bits per heavy atom. The monoisotopic (exact) mass is 399 g/mol. The van der Waals surface area contributed by atoms with E-state index < -0.39 is 9.84 Å². The maximum absolute atomic E-state index is 12.2. The molecule has 1 aromatic carbocycles. The van der Waals surface area contributed by atoms with Crippen LogP contribution in [0.1, 0.15) is 25.1 Å². The van der Waals surface area contributed by atoms with Crippen molar-refractivity contribution in [1.82, 2.24) is 9.61 Å². The van der Waals surface area contributed by atoms with Crippen molar-refractivity contribution < 1.29 is 17.9 Å². The van der Waals surface area contributed by atoms with Gasteiger partial charge in [0.15, 0.2) is 9.84 Å². The third-order valence-corrected chi connectivity index (χ3v) is 5.11. The highest BCUT2D eigenvalue weighted by atomic mass is 32.2. The molecule has 0 N–H and O–H groups in total. The van der Waals surface area contributed by atoms with Crippen LogP contribution in [0.4, 0.5) is 0 Å². The Hall–Kier alpha value is -3.18. The number of hydrogen-bond acceptors (Lipinski definition) is 6. The highest BCUT2D eigenvalue weighted by Crippen LogP contribution is 2.32. The van der Waals surface area contributed by atoms with Crippen molar-refractivity contribution in [2.45, 2.75) is 25.2 Å². The number of benzene rings is 1. The van der Waals surface area contributed by atoms with E-state index in [1.165, 1.54) is 12.5 Å². The van der Waals surface area contributed by atoms with Gasteiger partial charge in [0.05, 0.1) is 34.8 Å². The fraction of sp³-hybridized carbons (Fsp3) is 0.250. The molecule has 0 saturated heterocycles. The van der Waals surface area contributed by atoms with E-state index in [0.717, 1.165) is 17.6 Å². The first-order valence-electron chi connectivity index (χ1n) is 8.62. The number of carbonyl (C=O) groups is 1. The zero-order valence-corrected chi connectivity index (χ0v) is 16.7. The Bertz CT molecular complexity index is 1130. The van der Waals surface area contributed by atoms with Crippen LogP contribution in [0, 0.1) is 11.3 Å². The molecule has 0 radical (unpaired) electrons. The summed E-state index contributed by atoms with van der Waals surface area (Å²) in [5.74, 6) is 0. The first-order chi connectivity index (χ1) is 13.4. The van der Waals surface area contributed by atoms with Crippen LogP contribution in [0.2, 0.25) is 0 Å². The second-order valence-corrected chi connectivity index (χ2v) is 7.86. The number of aryl methyl sites for hydroxylation is 1. The minimum absolute atomic E-state index is 0.167. The Labute approximate surface area is 164 Å². The number of aromatic nitrogens is 2. The molecule has 146 valence electrons. The number of fused-ring (bicyclic) bond motifs is 1. The molecule has 8 heteroatoms. The number of rotatable bonds is 5. The van der Waals surface area contributed by atoms with Gasteiger partial charge in [0.1, 0.15) is 0 Å². The molecular weight excluding hydrogens is 378 g/mol. The molecule has 0 aliphatic heterocycles. The van der Waals surface area contributed by atoms with Gasteiger partial charge in [0.25, 0.3) is 6.47 Å². The number of ether oxygens (including phenoxy) is 1. The molecular formula is C20H21N3O4S. The van der Waals surface area contributed by atoms with Gasteiger partial charge in [-0.2, -0.15) is 10.4 Å². The zero-order chi connectivity index (χ0) is 20.7. The van der Waals surface area contributed by atoms with E-state index in [9.17, 15) is 13.2 Å². The van der Waals surface area contributed by atoms with Gasteiger partial charge in [-0.05, 0) is 43.2 Å². The van der Waals surface area contributed by atoms with Crippen molar-refractivity contribution in [3.8, 4) is 17.2 Å². The molecule has 0 bridgehead atoms. The van der Waals surface area contributed by atoms with Crippen molar-refractivity contribution in [2.75, 3.05) is 12.9 Å². The number of sulfone groups is 1. The molecule has 0 atom stereocenters. The van der Waals surface area contributed by atoms with E-state index in [4.69, 9.17) is 5.26 Å². The fourth-order valence-electron chi connectivity index (χ4n) is 2.75. The van der Waals surface area contributed by atoms with Crippen LogP contribution < -0.4 is 0 Å². The van der Waals surface area contributed by atoms with Crippen molar-refractivity contribution >= 4 is 21.8 Å². The number of carbonyl (C=O) groups excluding carboxylic acids is 1. The SMILES string of the molecule is CCOC=O.CCc1ccc2c(-c3cccc(C#N)c3)c(S(C)(=O)=O)cnn12. The maximum atomic E-state index is 12.2. The molecule has 0 unspecified atom stereocenters. The van der Waals surface area contributed by atoms with E-state index in [1.54, 1.807) is 29.6 Å². The van der Waals surface area contributed by atoms with Crippen molar-refractivity contribution in [3.63, 3.8) is 0 Å². The summed E-state index contributed by atoms with van der Waals surface area (Å²) in [5, 5.41) is 13.4. The van der Waals surface area contributed by atoms with Crippen LogP contribution in [-0.4, -0.2) is 37.4 Å². The van der Waals surface area contributed by atoms with Crippen LogP contribution in [0.15, 0.2) is 47.5 Å². The molecule has 0 spiro atoms. The van der Waals surface area contributed by atoms with Gasteiger partial charge < -0.3 is 4.74 Å². The largest absolute Gasteiger partial charge is 0.468 e. The predicted octanol–water partition coefficient (Wildman–Crippen LogP) is 3.02. The molecule has 3 aromatic rings. The minimum atomic E-state index is -3.45. The van der Waals surface area contributed by atoms with Crippen LogP contribution in [0.5, 0.6) is 0 Å². The Morgan fingerprint density at radius 3 is 2.54 bits per heavy atom. The molecule has 3 rings (SSSR count). The number of nitrogens with zero attached hydrogens (tertiary/aromatic N) is 3. The van der Waals surface area contributed by atoms with Gasteiger partial charge in [-0.15, -0.1) is 0 Å². The summed E-state index contributed by atoms with van der Waals surface area (Å²) in [6.07, 6.45) is 3.34. The van der Waals surface area contributed by atoms with Gasteiger partial charge in [0, 0.05) is 17.5 Å². The number of hydrogen-bond donors (Lipinski definition) is 0. The maximum Gasteiger partial charge on any atom is 0.293 e. The molecule has 2 aromatic heterocycles. The molecule has 0 saturated carbocycles. The van der Waals surface area contributed by atoms with Crippen molar-refractivity contribution in [2.24, 2.45) is 0 Å². The molecule has 2 heterocycles. The molecule has 0 fully saturated rings. The lowest BCUT2D eigenvalue weighted by atomic mass is 10.0. The van der Waals surface area contributed by atoms with E-state index in [1.807, 2.05) is 25.1 Å². The lowest BCUT2D eigenvalue weighted by molar-refractivity contribution is -0.128. The second-order valence-electron chi connectivity index (χ2n) is 5.88. The highest BCUT2D eigenvalue weighted by Gasteiger charge is 2.20. The predicted molar refractivity (Wildman–Crippen MR) is 106 cm³/mol. The summed E-state index contributed by atoms with van der Waals surface area (Å²) >= 11 is 0. The first-order valence-corrected chi connectivity index (χ1v) is 10.5. The van der Waals surface area contributed by atoms with Gasteiger partial charge in [-0.3, -0.25) is 4.79 Å². The van der Waals surface area contributed by atoms with Crippen LogP contribution in [-0.2, 0) is 25.8 Å². The first kappa shape index (κ1) is 21.1. The van der Waals surface area contributed by atoms with Gasteiger partial charge >= 0.3 is 0 Å². The smallest absolute Gasteiger partial charge is 0.293 e. The van der Waals surface area contributed by atoms with Crippen LogP contribution in [0.25, 0.3) is 16.6 Å². The van der Waals surface area contributed by atoms with Gasteiger partial charge in [-0.1, -0.05) is 19.1 Å². The van der Waals surface area contributed by atoms with Crippen LogP contribution in [0.3, 0.4) is 0 Å². The van der Waals surface area contributed by atoms with E-state index >= 15 is 0 Å². The molecule has 0 aliphatic carbocycles. The fourth-order valence-corrected chi connectivity index (χ4v) is 3.58. The third kappa shape index (κ3) is 4.56. The summed E-state index contributed by atoms with van der Waals surface area (Å²) in [6.45, 7) is 4.68. The topological polar surface area (TPSA) is 102 Å². The number of nitriles is 1. The summed E-state index contributed by atoms with van der Waals surface area (Å²) in [4.78, 5) is 9.35. The zero-order valence-electron chi connectivity index (χ0n) is 15.9. The lowest BCUT2D eigenvalue weighted by Crippen LogP contribution is -2.06. The van der Waals surface area contributed by atoms with Gasteiger partial charge in [0.2, 0.25) is 0 Å². The van der Waals surface area contributed by atoms with E-state index in [-0.39, 0.29) is 4.90 Å². The summed E-state index contributed by atoms with van der Waals surface area (Å²) in [7, 11) is -3.45. The van der Waals surface area contributed by atoms with Gasteiger partial charge in [-0.25, -0.2) is 12.9 Å². The Kier molecular flexibility index (Phi) is 6.90. The standard InChI is InChI=1S/C17H15N3O2S.C3H6O2/c1-3-14-7-8-15-17(13-6-4-5-12(9-13)10-18)16(23(2,21)22)11-19-20(14)15;1-2-5-3-4/h4-9,11H,3H2,1-2H3;3H,2H2,1H3. The normalized spacial score (nSPS) is 10.6. The van der Waals surface area contributed by atoms with E-state index in [0.29, 0.717) is 29.8 Å². The molecule has 7 nitrogen and oxygen atoms in total. The average molecular weight is 399 g/mol. The Morgan fingerprint density at radius 2 is 2.00 bits per heavy atom. The van der Waals surface area contributed by atoms with Crippen molar-refractivity contribution in [3.05, 3.63) is 53.9 Å². The summed E-state index contributed by atoms with van der Waals surface area (Å²) < 4.78 is 30.3.